The zero-order valence-electron chi connectivity index (χ0n) is 17.3. The van der Waals surface area contributed by atoms with E-state index in [1.54, 1.807) is 24.4 Å². The van der Waals surface area contributed by atoms with E-state index in [1.165, 1.54) is 35.1 Å². The Bertz CT molecular complexity index is 1320. The number of carbonyl (C=O) groups is 1. The highest BCUT2D eigenvalue weighted by Gasteiger charge is 2.27. The molecule has 1 amide bonds. The van der Waals surface area contributed by atoms with Crippen LogP contribution in [-0.4, -0.2) is 36.7 Å². The van der Waals surface area contributed by atoms with Crippen molar-refractivity contribution in [2.24, 2.45) is 0 Å². The first kappa shape index (κ1) is 21.9. The minimum Gasteiger partial charge on any atom is -0.497 e. The van der Waals surface area contributed by atoms with Gasteiger partial charge in [-0.15, -0.1) is 0 Å². The Labute approximate surface area is 190 Å². The SMILES string of the molecule is COc1ccc(S(=O)(=O)N(CC(=O)Nc2ccc3sncc3c2)Cc2ccccc2)cc1. The molecule has 7 nitrogen and oxygen atoms in total. The fourth-order valence-electron chi connectivity index (χ4n) is 3.22. The Balaban J connectivity index is 1.58. The van der Waals surface area contributed by atoms with E-state index in [0.29, 0.717) is 11.4 Å². The molecule has 0 spiro atoms. The van der Waals surface area contributed by atoms with Crippen molar-refractivity contribution < 1.29 is 17.9 Å². The number of amides is 1. The van der Waals surface area contributed by atoms with E-state index >= 15 is 0 Å². The number of anilines is 1. The molecule has 4 rings (SSSR count). The summed E-state index contributed by atoms with van der Waals surface area (Å²) in [6, 6.07) is 20.7. The standard InChI is InChI=1S/C23H21N3O4S2/c1-30-20-8-10-21(11-9-20)32(28,29)26(15-17-5-3-2-4-6-17)16-23(27)25-19-7-12-22-18(13-19)14-24-31-22/h2-14H,15-16H2,1H3,(H,25,27). The number of hydrogen-bond donors (Lipinski definition) is 1. The maximum Gasteiger partial charge on any atom is 0.243 e. The molecule has 0 atom stereocenters. The summed E-state index contributed by atoms with van der Waals surface area (Å²) in [5.74, 6) is 0.121. The minimum absolute atomic E-state index is 0.0656. The lowest BCUT2D eigenvalue weighted by Gasteiger charge is -2.22. The van der Waals surface area contributed by atoms with E-state index in [9.17, 15) is 13.2 Å². The zero-order valence-corrected chi connectivity index (χ0v) is 18.9. The first-order valence-corrected chi connectivity index (χ1v) is 12.0. The van der Waals surface area contributed by atoms with Gasteiger partial charge in [-0.2, -0.15) is 8.68 Å². The van der Waals surface area contributed by atoms with Crippen molar-refractivity contribution >= 4 is 43.2 Å². The van der Waals surface area contributed by atoms with Gasteiger partial charge in [0, 0.05) is 23.8 Å². The van der Waals surface area contributed by atoms with Gasteiger partial charge in [-0.25, -0.2) is 8.42 Å². The molecule has 0 radical (unpaired) electrons. The van der Waals surface area contributed by atoms with E-state index in [2.05, 4.69) is 9.69 Å². The quantitative estimate of drug-likeness (QED) is 0.421. The molecule has 0 unspecified atom stereocenters. The van der Waals surface area contributed by atoms with Crippen LogP contribution in [0, 0.1) is 0 Å². The summed E-state index contributed by atoms with van der Waals surface area (Å²) in [5, 5.41) is 3.71. The first-order valence-electron chi connectivity index (χ1n) is 9.78. The predicted molar refractivity (Wildman–Crippen MR) is 125 cm³/mol. The predicted octanol–water partition coefficient (Wildman–Crippen LogP) is 4.13. The number of nitrogens with zero attached hydrogens (tertiary/aromatic N) is 2. The van der Waals surface area contributed by atoms with E-state index in [1.807, 2.05) is 42.5 Å². The van der Waals surface area contributed by atoms with E-state index in [0.717, 1.165) is 15.6 Å². The summed E-state index contributed by atoms with van der Waals surface area (Å²) >= 11 is 1.37. The number of methoxy groups -OCH3 is 1. The Morgan fingerprint density at radius 2 is 1.81 bits per heavy atom. The van der Waals surface area contributed by atoms with E-state index in [-0.39, 0.29) is 18.0 Å². The van der Waals surface area contributed by atoms with Crippen LogP contribution in [0.3, 0.4) is 0 Å². The number of aromatic nitrogens is 1. The largest absolute Gasteiger partial charge is 0.497 e. The summed E-state index contributed by atoms with van der Waals surface area (Å²) in [5.41, 5.74) is 1.37. The highest BCUT2D eigenvalue weighted by Crippen LogP contribution is 2.23. The number of benzene rings is 3. The van der Waals surface area contributed by atoms with Crippen molar-refractivity contribution in [1.82, 2.24) is 8.68 Å². The second-order valence-corrected chi connectivity index (χ2v) is 9.83. The van der Waals surface area contributed by atoms with Gasteiger partial charge >= 0.3 is 0 Å². The number of carbonyl (C=O) groups excluding carboxylic acids is 1. The van der Waals surface area contributed by atoms with Crippen molar-refractivity contribution in [2.45, 2.75) is 11.4 Å². The molecule has 3 aromatic carbocycles. The summed E-state index contributed by atoms with van der Waals surface area (Å²) in [7, 11) is -2.42. The third-order valence-corrected chi connectivity index (χ3v) is 7.44. The Morgan fingerprint density at radius 3 is 2.53 bits per heavy atom. The smallest absolute Gasteiger partial charge is 0.243 e. The molecule has 0 aliphatic rings. The van der Waals surface area contributed by atoms with Gasteiger partial charge in [-0.05, 0) is 59.6 Å². The van der Waals surface area contributed by atoms with Crippen LogP contribution in [0.15, 0.2) is 83.9 Å². The van der Waals surface area contributed by atoms with Gasteiger partial charge < -0.3 is 10.1 Å². The third-order valence-electron chi connectivity index (χ3n) is 4.86. The lowest BCUT2D eigenvalue weighted by atomic mass is 10.2. The topological polar surface area (TPSA) is 88.6 Å². The van der Waals surface area contributed by atoms with Crippen molar-refractivity contribution in [1.29, 1.82) is 0 Å². The molecule has 1 heterocycles. The van der Waals surface area contributed by atoms with E-state index < -0.39 is 15.9 Å². The highest BCUT2D eigenvalue weighted by atomic mass is 32.2. The molecule has 0 saturated carbocycles. The number of hydrogen-bond acceptors (Lipinski definition) is 6. The maximum atomic E-state index is 13.4. The summed E-state index contributed by atoms with van der Waals surface area (Å²) in [4.78, 5) is 12.9. The molecule has 0 aliphatic carbocycles. The number of nitrogens with one attached hydrogen (secondary N) is 1. The second-order valence-electron chi connectivity index (χ2n) is 7.06. The van der Waals surface area contributed by atoms with Gasteiger partial charge in [0.15, 0.2) is 0 Å². The van der Waals surface area contributed by atoms with Crippen LogP contribution in [0.4, 0.5) is 5.69 Å². The molecule has 9 heteroatoms. The Hall–Kier alpha value is -3.27. The van der Waals surface area contributed by atoms with Gasteiger partial charge in [0.2, 0.25) is 15.9 Å². The molecule has 0 saturated heterocycles. The average Bonchev–Trinajstić information content (AvgIpc) is 3.27. The average molecular weight is 468 g/mol. The molecule has 4 aromatic rings. The molecule has 0 bridgehead atoms. The maximum absolute atomic E-state index is 13.4. The molecular weight excluding hydrogens is 446 g/mol. The van der Waals surface area contributed by atoms with Gasteiger partial charge in [0.25, 0.3) is 0 Å². The number of rotatable bonds is 8. The molecule has 1 N–H and O–H groups in total. The number of ether oxygens (including phenoxy) is 1. The number of fused-ring (bicyclic) bond motifs is 1. The van der Waals surface area contributed by atoms with Crippen LogP contribution < -0.4 is 10.1 Å². The lowest BCUT2D eigenvalue weighted by molar-refractivity contribution is -0.116. The molecular formula is C23H21N3O4S2. The fraction of sp³-hybridized carbons (Fsp3) is 0.130. The summed E-state index contributed by atoms with van der Waals surface area (Å²) < 4.78 is 38.2. The van der Waals surface area contributed by atoms with Crippen LogP contribution in [-0.2, 0) is 21.4 Å². The summed E-state index contributed by atoms with van der Waals surface area (Å²) in [6.45, 7) is -0.265. The van der Waals surface area contributed by atoms with Crippen LogP contribution in [0.2, 0.25) is 0 Å². The van der Waals surface area contributed by atoms with Crippen molar-refractivity contribution in [3.8, 4) is 5.75 Å². The molecule has 0 fully saturated rings. The Kier molecular flexibility index (Phi) is 6.50. The highest BCUT2D eigenvalue weighted by molar-refractivity contribution is 7.89. The van der Waals surface area contributed by atoms with Crippen molar-refractivity contribution in [3.05, 3.63) is 84.6 Å². The minimum atomic E-state index is -3.93. The molecule has 1 aromatic heterocycles. The molecule has 32 heavy (non-hydrogen) atoms. The zero-order chi connectivity index (χ0) is 22.6. The van der Waals surface area contributed by atoms with Crippen LogP contribution in [0.25, 0.3) is 10.1 Å². The molecule has 164 valence electrons. The van der Waals surface area contributed by atoms with Crippen molar-refractivity contribution in [2.75, 3.05) is 19.0 Å². The monoisotopic (exact) mass is 467 g/mol. The first-order chi connectivity index (χ1) is 15.5. The van der Waals surface area contributed by atoms with Crippen LogP contribution in [0.1, 0.15) is 5.56 Å². The van der Waals surface area contributed by atoms with E-state index in [4.69, 9.17) is 4.74 Å². The Morgan fingerprint density at radius 1 is 1.06 bits per heavy atom. The van der Waals surface area contributed by atoms with Crippen molar-refractivity contribution in [3.63, 3.8) is 0 Å². The van der Waals surface area contributed by atoms with Crippen LogP contribution in [0.5, 0.6) is 5.75 Å². The normalized spacial score (nSPS) is 11.6. The lowest BCUT2D eigenvalue weighted by Crippen LogP contribution is -2.37. The number of sulfonamides is 1. The van der Waals surface area contributed by atoms with Gasteiger partial charge in [-0.1, -0.05) is 30.3 Å². The third kappa shape index (κ3) is 4.96. The fourth-order valence-corrected chi connectivity index (χ4v) is 5.23. The summed E-state index contributed by atoms with van der Waals surface area (Å²) in [6.07, 6.45) is 1.73. The molecule has 0 aliphatic heterocycles. The van der Waals surface area contributed by atoms with Gasteiger partial charge in [0.05, 0.1) is 23.2 Å². The van der Waals surface area contributed by atoms with Crippen LogP contribution >= 0.6 is 11.5 Å². The second kappa shape index (κ2) is 9.47. The van der Waals surface area contributed by atoms with Gasteiger partial charge in [0.1, 0.15) is 5.75 Å². The van der Waals surface area contributed by atoms with Gasteiger partial charge in [-0.3, -0.25) is 4.79 Å².